The summed E-state index contributed by atoms with van der Waals surface area (Å²) in [6.07, 6.45) is 0.618. The van der Waals surface area contributed by atoms with Crippen LogP contribution in [0.2, 0.25) is 0 Å². The maximum atomic E-state index is 11.4. The average molecular weight is 198 g/mol. The summed E-state index contributed by atoms with van der Waals surface area (Å²) in [7, 11) is 0. The zero-order valence-corrected chi connectivity index (χ0v) is 9.96. The Labute approximate surface area is 87.3 Å². The molecule has 0 amide bonds. The van der Waals surface area contributed by atoms with Gasteiger partial charge in [0.25, 0.3) is 0 Å². The fraction of sp³-hybridized carbons (Fsp3) is 0.750. The van der Waals surface area contributed by atoms with Gasteiger partial charge >= 0.3 is 5.97 Å². The molecule has 0 saturated heterocycles. The van der Waals surface area contributed by atoms with E-state index in [2.05, 4.69) is 27.4 Å². The minimum absolute atomic E-state index is 0.0363. The summed E-state index contributed by atoms with van der Waals surface area (Å²) in [5.41, 5.74) is 0.549. The Morgan fingerprint density at radius 2 is 1.79 bits per heavy atom. The van der Waals surface area contributed by atoms with E-state index in [1.807, 2.05) is 13.8 Å². The van der Waals surface area contributed by atoms with Crippen molar-refractivity contribution in [3.05, 3.63) is 12.2 Å². The third-order valence-corrected chi connectivity index (χ3v) is 2.80. The molecular formula is C12H22O2. The van der Waals surface area contributed by atoms with Gasteiger partial charge in [0.15, 0.2) is 0 Å². The van der Waals surface area contributed by atoms with Crippen LogP contribution in [0.5, 0.6) is 0 Å². The van der Waals surface area contributed by atoms with Crippen molar-refractivity contribution in [1.82, 2.24) is 0 Å². The summed E-state index contributed by atoms with van der Waals surface area (Å²) in [5.74, 6) is 0.642. The van der Waals surface area contributed by atoms with Gasteiger partial charge in [-0.3, -0.25) is 0 Å². The van der Waals surface area contributed by atoms with Gasteiger partial charge in [0.05, 0.1) is 0 Å². The van der Waals surface area contributed by atoms with Gasteiger partial charge in [-0.1, -0.05) is 34.3 Å². The Morgan fingerprint density at radius 1 is 1.29 bits per heavy atom. The van der Waals surface area contributed by atoms with E-state index >= 15 is 0 Å². The van der Waals surface area contributed by atoms with Crippen LogP contribution in [-0.2, 0) is 9.53 Å². The van der Waals surface area contributed by atoms with Gasteiger partial charge in [0.1, 0.15) is 6.10 Å². The lowest BCUT2D eigenvalue weighted by atomic mass is 9.93. The first-order valence-corrected chi connectivity index (χ1v) is 5.28. The van der Waals surface area contributed by atoms with Crippen LogP contribution in [-0.4, -0.2) is 12.1 Å². The van der Waals surface area contributed by atoms with Gasteiger partial charge in [-0.2, -0.15) is 0 Å². The molecule has 2 unspecified atom stereocenters. The quantitative estimate of drug-likeness (QED) is 0.501. The van der Waals surface area contributed by atoms with E-state index in [4.69, 9.17) is 4.74 Å². The van der Waals surface area contributed by atoms with E-state index < -0.39 is 0 Å². The molecule has 0 aliphatic heterocycles. The molecule has 0 aromatic heterocycles. The lowest BCUT2D eigenvalue weighted by Gasteiger charge is -2.23. The molecule has 0 N–H and O–H groups in total. The van der Waals surface area contributed by atoms with E-state index in [1.165, 1.54) is 0 Å². The third-order valence-electron chi connectivity index (χ3n) is 2.80. The molecule has 2 heteroatoms. The van der Waals surface area contributed by atoms with Crippen LogP contribution in [0.1, 0.15) is 41.0 Å². The van der Waals surface area contributed by atoms with Crippen molar-refractivity contribution in [2.45, 2.75) is 47.1 Å². The summed E-state index contributed by atoms with van der Waals surface area (Å²) in [6.45, 7) is 13.8. The summed E-state index contributed by atoms with van der Waals surface area (Å²) in [4.78, 5) is 11.4. The highest BCUT2D eigenvalue weighted by Crippen LogP contribution is 2.18. The van der Waals surface area contributed by atoms with E-state index in [-0.39, 0.29) is 12.1 Å². The minimum Gasteiger partial charge on any atom is -0.459 e. The highest BCUT2D eigenvalue weighted by Gasteiger charge is 2.20. The monoisotopic (exact) mass is 198 g/mol. The maximum Gasteiger partial charge on any atom is 0.333 e. The predicted molar refractivity (Wildman–Crippen MR) is 59.0 cm³/mol. The number of carbonyl (C=O) groups is 1. The van der Waals surface area contributed by atoms with Crippen molar-refractivity contribution in [3.63, 3.8) is 0 Å². The van der Waals surface area contributed by atoms with Gasteiger partial charge in [0.2, 0.25) is 0 Å². The lowest BCUT2D eigenvalue weighted by Crippen LogP contribution is -2.26. The summed E-state index contributed by atoms with van der Waals surface area (Å²) < 4.78 is 5.29. The van der Waals surface area contributed by atoms with Crippen LogP contribution >= 0.6 is 0 Å². The lowest BCUT2D eigenvalue weighted by molar-refractivity contribution is -0.146. The second-order valence-corrected chi connectivity index (χ2v) is 4.17. The molecule has 82 valence electrons. The molecule has 0 saturated carbocycles. The van der Waals surface area contributed by atoms with E-state index in [1.54, 1.807) is 0 Å². The molecule has 2 nitrogen and oxygen atoms in total. The fourth-order valence-corrected chi connectivity index (χ4v) is 1.05. The first kappa shape index (κ1) is 13.2. The number of rotatable bonds is 5. The molecule has 0 heterocycles. The van der Waals surface area contributed by atoms with Crippen molar-refractivity contribution in [3.8, 4) is 0 Å². The van der Waals surface area contributed by atoms with Crippen molar-refractivity contribution in [2.24, 2.45) is 11.8 Å². The maximum absolute atomic E-state index is 11.4. The molecule has 0 aromatic rings. The van der Waals surface area contributed by atoms with Crippen LogP contribution in [0.15, 0.2) is 12.2 Å². The molecule has 0 spiro atoms. The average Bonchev–Trinajstić information content (AvgIpc) is 2.14. The van der Waals surface area contributed by atoms with E-state index in [0.717, 1.165) is 0 Å². The van der Waals surface area contributed by atoms with Crippen molar-refractivity contribution in [2.75, 3.05) is 0 Å². The Balaban J connectivity index is 4.12. The van der Waals surface area contributed by atoms with Gasteiger partial charge in [0, 0.05) is 5.57 Å². The smallest absolute Gasteiger partial charge is 0.333 e. The SMILES string of the molecule is C=C(CC)C(=O)OC(C)C(C)C(C)C. The van der Waals surface area contributed by atoms with Crippen molar-refractivity contribution >= 4 is 5.97 Å². The highest BCUT2D eigenvalue weighted by atomic mass is 16.5. The molecular weight excluding hydrogens is 176 g/mol. The molecule has 0 bridgehead atoms. The molecule has 0 fully saturated rings. The largest absolute Gasteiger partial charge is 0.459 e. The minimum atomic E-state index is -0.257. The predicted octanol–water partition coefficient (Wildman–Crippen LogP) is 3.18. The number of carbonyl (C=O) groups excluding carboxylic acids is 1. The number of hydrogen-bond acceptors (Lipinski definition) is 2. The van der Waals surface area contributed by atoms with Crippen LogP contribution < -0.4 is 0 Å². The second kappa shape index (κ2) is 5.84. The molecule has 2 atom stereocenters. The zero-order chi connectivity index (χ0) is 11.3. The third kappa shape index (κ3) is 3.95. The van der Waals surface area contributed by atoms with Crippen LogP contribution in [0.25, 0.3) is 0 Å². The molecule has 0 radical (unpaired) electrons. The number of hydrogen-bond donors (Lipinski definition) is 0. The number of ether oxygens (including phenoxy) is 1. The topological polar surface area (TPSA) is 26.3 Å². The van der Waals surface area contributed by atoms with E-state index in [0.29, 0.717) is 23.8 Å². The molecule has 14 heavy (non-hydrogen) atoms. The van der Waals surface area contributed by atoms with Gasteiger partial charge in [-0.05, 0) is 25.2 Å². The number of esters is 1. The Hall–Kier alpha value is -0.790. The highest BCUT2D eigenvalue weighted by molar-refractivity contribution is 5.87. The summed E-state index contributed by atoms with van der Waals surface area (Å²) in [5, 5.41) is 0. The van der Waals surface area contributed by atoms with Gasteiger partial charge in [-0.15, -0.1) is 0 Å². The standard InChI is InChI=1S/C12H22O2/c1-7-9(4)12(13)14-11(6)10(5)8(2)3/h8,10-11H,4,7H2,1-3,5-6H3. The van der Waals surface area contributed by atoms with Crippen molar-refractivity contribution in [1.29, 1.82) is 0 Å². The van der Waals surface area contributed by atoms with Gasteiger partial charge in [-0.25, -0.2) is 4.79 Å². The zero-order valence-electron chi connectivity index (χ0n) is 9.96. The Kier molecular flexibility index (Phi) is 5.51. The normalized spacial score (nSPS) is 15.0. The Morgan fingerprint density at radius 3 is 2.14 bits per heavy atom. The fourth-order valence-electron chi connectivity index (χ4n) is 1.05. The molecule has 0 aromatic carbocycles. The van der Waals surface area contributed by atoms with Crippen LogP contribution in [0.3, 0.4) is 0 Å². The molecule has 0 aliphatic carbocycles. The first-order valence-electron chi connectivity index (χ1n) is 5.28. The van der Waals surface area contributed by atoms with Gasteiger partial charge < -0.3 is 4.74 Å². The Bertz CT molecular complexity index is 206. The molecule has 0 rings (SSSR count). The van der Waals surface area contributed by atoms with Crippen LogP contribution in [0, 0.1) is 11.8 Å². The summed E-state index contributed by atoms with van der Waals surface area (Å²) in [6, 6.07) is 0. The molecule has 0 aliphatic rings. The summed E-state index contributed by atoms with van der Waals surface area (Å²) >= 11 is 0. The first-order chi connectivity index (χ1) is 6.40. The van der Waals surface area contributed by atoms with Crippen LogP contribution in [0.4, 0.5) is 0 Å². The second-order valence-electron chi connectivity index (χ2n) is 4.17. The van der Waals surface area contributed by atoms with E-state index in [9.17, 15) is 4.79 Å². The van der Waals surface area contributed by atoms with Crippen molar-refractivity contribution < 1.29 is 9.53 Å².